The minimum atomic E-state index is -0.304. The lowest BCUT2D eigenvalue weighted by molar-refractivity contribution is 0.0610. The highest BCUT2D eigenvalue weighted by atomic mass is 16.3. The average Bonchev–Trinajstić information content (AvgIpc) is 3.21. The van der Waals surface area contributed by atoms with Gasteiger partial charge in [-0.25, -0.2) is 4.79 Å². The summed E-state index contributed by atoms with van der Waals surface area (Å²) in [6.07, 6.45) is 3.06. The normalized spacial score (nSPS) is 16.6. The maximum atomic E-state index is 12.5. The second-order valence-corrected chi connectivity index (χ2v) is 9.10. The summed E-state index contributed by atoms with van der Waals surface area (Å²) in [6.45, 7) is 8.17. The van der Waals surface area contributed by atoms with Crippen molar-refractivity contribution in [1.29, 1.82) is 0 Å². The fourth-order valence-corrected chi connectivity index (χ4v) is 3.80. The van der Waals surface area contributed by atoms with E-state index in [9.17, 15) is 9.90 Å². The van der Waals surface area contributed by atoms with Crippen LogP contribution in [0.1, 0.15) is 57.0 Å². The number of urea groups is 1. The van der Waals surface area contributed by atoms with E-state index < -0.39 is 0 Å². The molecule has 0 bridgehead atoms. The average molecular weight is 399 g/mol. The zero-order valence-electron chi connectivity index (χ0n) is 17.8. The SMILES string of the molecule is CC(C)(C)c1cc(CNC(=O)N2CCC(C(O)CCc3ccccc3)CC2)[nH]n1. The highest BCUT2D eigenvalue weighted by Crippen LogP contribution is 2.24. The molecule has 1 aromatic heterocycles. The van der Waals surface area contributed by atoms with Gasteiger partial charge in [0.2, 0.25) is 0 Å². The van der Waals surface area contributed by atoms with Crippen LogP contribution in [0.25, 0.3) is 0 Å². The van der Waals surface area contributed by atoms with E-state index in [4.69, 9.17) is 0 Å². The summed E-state index contributed by atoms with van der Waals surface area (Å²) in [5.74, 6) is 0.268. The molecule has 0 aliphatic carbocycles. The molecule has 6 heteroatoms. The molecule has 158 valence electrons. The van der Waals surface area contributed by atoms with Crippen molar-refractivity contribution < 1.29 is 9.90 Å². The molecule has 0 saturated carbocycles. The number of aromatic nitrogens is 2. The predicted molar refractivity (Wildman–Crippen MR) is 115 cm³/mol. The quantitative estimate of drug-likeness (QED) is 0.695. The topological polar surface area (TPSA) is 81.3 Å². The number of carbonyl (C=O) groups is 1. The number of likely N-dealkylation sites (tertiary alicyclic amines) is 1. The first-order valence-corrected chi connectivity index (χ1v) is 10.6. The standard InChI is InChI=1S/C23H34N4O2/c1-23(2,3)21-15-19(25-26-21)16-24-22(29)27-13-11-18(12-14-27)20(28)10-9-17-7-5-4-6-8-17/h4-8,15,18,20,28H,9-14,16H2,1-3H3,(H,24,29)(H,25,26). The van der Waals surface area contributed by atoms with Crippen molar-refractivity contribution in [2.24, 2.45) is 5.92 Å². The van der Waals surface area contributed by atoms with Crippen LogP contribution in [0.4, 0.5) is 4.79 Å². The van der Waals surface area contributed by atoms with Crippen molar-refractivity contribution in [3.05, 3.63) is 53.3 Å². The van der Waals surface area contributed by atoms with Gasteiger partial charge in [-0.1, -0.05) is 51.1 Å². The van der Waals surface area contributed by atoms with E-state index in [0.29, 0.717) is 19.6 Å². The lowest BCUT2D eigenvalue weighted by atomic mass is 9.88. The molecule has 1 fully saturated rings. The summed E-state index contributed by atoms with van der Waals surface area (Å²) in [5.41, 5.74) is 3.15. The third-order valence-electron chi connectivity index (χ3n) is 5.77. The van der Waals surface area contributed by atoms with Gasteiger partial charge in [-0.2, -0.15) is 5.10 Å². The number of piperidine rings is 1. The van der Waals surface area contributed by atoms with Gasteiger partial charge in [-0.3, -0.25) is 5.10 Å². The summed E-state index contributed by atoms with van der Waals surface area (Å²) in [4.78, 5) is 14.3. The Bertz CT molecular complexity index is 774. The molecule has 6 nitrogen and oxygen atoms in total. The Morgan fingerprint density at radius 1 is 1.28 bits per heavy atom. The van der Waals surface area contributed by atoms with Crippen LogP contribution in [-0.2, 0) is 18.4 Å². The van der Waals surface area contributed by atoms with Gasteiger partial charge in [0, 0.05) is 18.5 Å². The van der Waals surface area contributed by atoms with Crippen LogP contribution in [0.5, 0.6) is 0 Å². The molecule has 1 unspecified atom stereocenters. The molecule has 0 radical (unpaired) electrons. The number of hydrogen-bond donors (Lipinski definition) is 3. The first-order valence-electron chi connectivity index (χ1n) is 10.6. The monoisotopic (exact) mass is 398 g/mol. The van der Waals surface area contributed by atoms with Gasteiger partial charge in [0.15, 0.2) is 0 Å². The Balaban J connectivity index is 1.39. The van der Waals surface area contributed by atoms with Crippen molar-refractivity contribution in [2.75, 3.05) is 13.1 Å². The molecule has 1 atom stereocenters. The predicted octanol–water partition coefficient (Wildman–Crippen LogP) is 3.62. The van der Waals surface area contributed by atoms with E-state index in [1.54, 1.807) is 0 Å². The highest BCUT2D eigenvalue weighted by molar-refractivity contribution is 5.74. The largest absolute Gasteiger partial charge is 0.393 e. The molecule has 1 aromatic carbocycles. The van der Waals surface area contributed by atoms with Gasteiger partial charge < -0.3 is 15.3 Å². The number of nitrogens with one attached hydrogen (secondary N) is 2. The Morgan fingerprint density at radius 3 is 2.59 bits per heavy atom. The van der Waals surface area contributed by atoms with E-state index in [2.05, 4.69) is 48.4 Å². The summed E-state index contributed by atoms with van der Waals surface area (Å²) in [6, 6.07) is 12.2. The van der Waals surface area contributed by atoms with Crippen LogP contribution in [0.15, 0.2) is 36.4 Å². The van der Waals surface area contributed by atoms with Gasteiger partial charge in [-0.15, -0.1) is 0 Å². The number of aryl methyl sites for hydroxylation is 1. The van der Waals surface area contributed by atoms with Crippen LogP contribution >= 0.6 is 0 Å². The molecular formula is C23H34N4O2. The molecule has 1 saturated heterocycles. The first-order chi connectivity index (χ1) is 13.8. The second-order valence-electron chi connectivity index (χ2n) is 9.10. The van der Waals surface area contributed by atoms with Crippen molar-refractivity contribution in [3.63, 3.8) is 0 Å². The number of hydrogen-bond acceptors (Lipinski definition) is 3. The van der Waals surface area contributed by atoms with Crippen LogP contribution in [0.2, 0.25) is 0 Å². The van der Waals surface area contributed by atoms with Gasteiger partial charge >= 0.3 is 6.03 Å². The zero-order chi connectivity index (χ0) is 20.9. The maximum absolute atomic E-state index is 12.5. The molecule has 2 aromatic rings. The maximum Gasteiger partial charge on any atom is 0.317 e. The summed E-state index contributed by atoms with van der Waals surface area (Å²) in [7, 11) is 0. The van der Waals surface area contributed by atoms with Crippen LogP contribution in [0, 0.1) is 5.92 Å². The van der Waals surface area contributed by atoms with Crippen molar-refractivity contribution >= 4 is 6.03 Å². The number of aromatic amines is 1. The van der Waals surface area contributed by atoms with Gasteiger partial charge in [0.05, 0.1) is 24.0 Å². The van der Waals surface area contributed by atoms with Crippen molar-refractivity contribution in [2.45, 2.75) is 64.5 Å². The van der Waals surface area contributed by atoms with Crippen LogP contribution in [0.3, 0.4) is 0 Å². The Labute approximate surface area is 173 Å². The molecule has 2 amide bonds. The number of carbonyl (C=O) groups excluding carboxylic acids is 1. The number of amides is 2. The molecule has 3 N–H and O–H groups in total. The number of nitrogens with zero attached hydrogens (tertiary/aromatic N) is 2. The minimum absolute atomic E-state index is 0.0119. The van der Waals surface area contributed by atoms with Gasteiger partial charge in [0.1, 0.15) is 0 Å². The van der Waals surface area contributed by atoms with Crippen molar-refractivity contribution in [3.8, 4) is 0 Å². The molecule has 0 spiro atoms. The van der Waals surface area contributed by atoms with Gasteiger partial charge in [0.25, 0.3) is 0 Å². The minimum Gasteiger partial charge on any atom is -0.393 e. The number of aliphatic hydroxyl groups is 1. The highest BCUT2D eigenvalue weighted by Gasteiger charge is 2.27. The third-order valence-corrected chi connectivity index (χ3v) is 5.77. The second kappa shape index (κ2) is 9.44. The number of H-pyrrole nitrogens is 1. The van der Waals surface area contributed by atoms with Gasteiger partial charge in [-0.05, 0) is 43.2 Å². The molecule has 29 heavy (non-hydrogen) atoms. The van der Waals surface area contributed by atoms with E-state index in [0.717, 1.165) is 37.1 Å². The fraction of sp³-hybridized carbons (Fsp3) is 0.565. The fourth-order valence-electron chi connectivity index (χ4n) is 3.80. The Morgan fingerprint density at radius 2 is 1.97 bits per heavy atom. The lowest BCUT2D eigenvalue weighted by Gasteiger charge is -2.34. The van der Waals surface area contributed by atoms with E-state index in [1.165, 1.54) is 5.56 Å². The van der Waals surface area contributed by atoms with Crippen LogP contribution in [-0.4, -0.2) is 45.4 Å². The lowest BCUT2D eigenvalue weighted by Crippen LogP contribution is -2.45. The van der Waals surface area contributed by atoms with E-state index >= 15 is 0 Å². The first kappa shape index (κ1) is 21.4. The summed E-state index contributed by atoms with van der Waals surface area (Å²) >= 11 is 0. The van der Waals surface area contributed by atoms with E-state index in [1.807, 2.05) is 29.2 Å². The Hall–Kier alpha value is -2.34. The number of rotatable bonds is 6. The Kier molecular flexibility index (Phi) is 6.96. The van der Waals surface area contributed by atoms with E-state index in [-0.39, 0.29) is 23.5 Å². The smallest absolute Gasteiger partial charge is 0.317 e. The zero-order valence-corrected chi connectivity index (χ0v) is 17.8. The third kappa shape index (κ3) is 6.07. The van der Waals surface area contributed by atoms with Crippen LogP contribution < -0.4 is 5.32 Å². The molecular weight excluding hydrogens is 364 g/mol. The summed E-state index contributed by atoms with van der Waals surface area (Å²) in [5, 5.41) is 20.9. The van der Waals surface area contributed by atoms with Crippen molar-refractivity contribution in [1.82, 2.24) is 20.4 Å². The molecule has 2 heterocycles. The molecule has 1 aliphatic heterocycles. The number of aliphatic hydroxyl groups excluding tert-OH is 1. The molecule has 1 aliphatic rings. The molecule has 3 rings (SSSR count). The summed E-state index contributed by atoms with van der Waals surface area (Å²) < 4.78 is 0. The number of benzene rings is 1.